The number of aryl methyl sites for hydroxylation is 2. The van der Waals surface area contributed by atoms with Gasteiger partial charge in [-0.05, 0) is 57.0 Å². The molecule has 4 nitrogen and oxygen atoms in total. The van der Waals surface area contributed by atoms with Crippen LogP contribution in [0.1, 0.15) is 55.2 Å². The Kier molecular flexibility index (Phi) is 7.08. The summed E-state index contributed by atoms with van der Waals surface area (Å²) < 4.78 is 2.29. The van der Waals surface area contributed by atoms with Crippen LogP contribution in [0.3, 0.4) is 0 Å². The molecular formula is C27H35N3O. The molecule has 164 valence electrons. The molecule has 0 bridgehead atoms. The molecule has 1 atom stereocenters. The number of para-hydroxylation sites is 1. The molecular weight excluding hydrogens is 382 g/mol. The van der Waals surface area contributed by atoms with Crippen LogP contribution in [-0.2, 0) is 11.3 Å². The van der Waals surface area contributed by atoms with Crippen LogP contribution in [0, 0.1) is 6.92 Å². The molecule has 1 saturated heterocycles. The van der Waals surface area contributed by atoms with Gasteiger partial charge in [0.15, 0.2) is 0 Å². The van der Waals surface area contributed by atoms with Crippen molar-refractivity contribution in [2.45, 2.75) is 52.0 Å². The summed E-state index contributed by atoms with van der Waals surface area (Å²) in [4.78, 5) is 15.5. The fourth-order valence-corrected chi connectivity index (χ4v) is 4.81. The van der Waals surface area contributed by atoms with Gasteiger partial charge in [-0.1, -0.05) is 54.4 Å². The first kappa shape index (κ1) is 21.6. The zero-order valence-corrected chi connectivity index (χ0v) is 18.9. The highest BCUT2D eigenvalue weighted by atomic mass is 16.1. The van der Waals surface area contributed by atoms with Crippen LogP contribution in [0.25, 0.3) is 10.9 Å². The molecule has 1 N–H and O–H groups in total. The fourth-order valence-electron chi connectivity index (χ4n) is 4.81. The molecule has 2 aromatic carbocycles. The Morgan fingerprint density at radius 3 is 2.52 bits per heavy atom. The monoisotopic (exact) mass is 417 g/mol. The number of fused-ring (bicyclic) bond motifs is 1. The molecule has 1 aliphatic heterocycles. The average molecular weight is 418 g/mol. The molecule has 0 radical (unpaired) electrons. The molecule has 1 amide bonds. The van der Waals surface area contributed by atoms with Crippen LogP contribution < -0.4 is 5.32 Å². The van der Waals surface area contributed by atoms with E-state index in [2.05, 4.69) is 83.4 Å². The second kappa shape index (κ2) is 10.1. The Hall–Kier alpha value is -2.59. The van der Waals surface area contributed by atoms with Crippen molar-refractivity contribution in [2.24, 2.45) is 0 Å². The van der Waals surface area contributed by atoms with Crippen molar-refractivity contribution in [1.29, 1.82) is 0 Å². The van der Waals surface area contributed by atoms with E-state index in [0.29, 0.717) is 6.42 Å². The Bertz CT molecular complexity index is 999. The molecule has 1 aromatic heterocycles. The molecule has 4 heteroatoms. The van der Waals surface area contributed by atoms with Crippen LogP contribution in [0.15, 0.2) is 54.7 Å². The van der Waals surface area contributed by atoms with E-state index in [1.165, 1.54) is 59.9 Å². The molecule has 4 rings (SSSR count). The van der Waals surface area contributed by atoms with Gasteiger partial charge in [-0.25, -0.2) is 0 Å². The van der Waals surface area contributed by atoms with Gasteiger partial charge in [-0.15, -0.1) is 0 Å². The lowest BCUT2D eigenvalue weighted by Crippen LogP contribution is -2.38. The van der Waals surface area contributed by atoms with Crippen molar-refractivity contribution in [3.63, 3.8) is 0 Å². The molecule has 3 aromatic rings. The summed E-state index contributed by atoms with van der Waals surface area (Å²) in [7, 11) is 0. The number of piperidine rings is 1. The number of benzene rings is 2. The lowest BCUT2D eigenvalue weighted by atomic mass is 9.87. The van der Waals surface area contributed by atoms with Gasteiger partial charge in [0.1, 0.15) is 0 Å². The van der Waals surface area contributed by atoms with Crippen molar-refractivity contribution < 1.29 is 4.79 Å². The van der Waals surface area contributed by atoms with E-state index in [-0.39, 0.29) is 11.8 Å². The van der Waals surface area contributed by atoms with Gasteiger partial charge in [0.25, 0.3) is 0 Å². The first-order chi connectivity index (χ1) is 15.2. The third-order valence-corrected chi connectivity index (χ3v) is 6.60. The van der Waals surface area contributed by atoms with Gasteiger partial charge in [-0.2, -0.15) is 0 Å². The minimum absolute atomic E-state index is 0.0493. The quantitative estimate of drug-likeness (QED) is 0.554. The number of amides is 1. The maximum absolute atomic E-state index is 13.0. The topological polar surface area (TPSA) is 37.3 Å². The number of rotatable bonds is 8. The zero-order chi connectivity index (χ0) is 21.6. The second-order valence-electron chi connectivity index (χ2n) is 8.81. The summed E-state index contributed by atoms with van der Waals surface area (Å²) >= 11 is 0. The van der Waals surface area contributed by atoms with E-state index < -0.39 is 0 Å². The third kappa shape index (κ3) is 5.19. The molecule has 31 heavy (non-hydrogen) atoms. The number of aromatic nitrogens is 1. The van der Waals surface area contributed by atoms with E-state index >= 15 is 0 Å². The Labute approximate surface area is 186 Å². The van der Waals surface area contributed by atoms with Crippen LogP contribution in [-0.4, -0.2) is 41.6 Å². The van der Waals surface area contributed by atoms with Gasteiger partial charge in [0, 0.05) is 49.1 Å². The standard InChI is InChI=1S/C27H35N3O/c1-3-30-20-25(23-9-5-6-10-26(23)30)24(22-13-11-21(2)12-14-22)19-27(31)28-15-18-29-16-7-4-8-17-29/h5-6,9-14,20,24H,3-4,7-8,15-19H2,1-2H3,(H,28,31). The zero-order valence-electron chi connectivity index (χ0n) is 18.9. The Morgan fingerprint density at radius 2 is 1.77 bits per heavy atom. The molecule has 1 fully saturated rings. The Balaban J connectivity index is 1.54. The lowest BCUT2D eigenvalue weighted by Gasteiger charge is -2.26. The van der Waals surface area contributed by atoms with Crippen molar-refractivity contribution >= 4 is 16.8 Å². The summed E-state index contributed by atoms with van der Waals surface area (Å²) in [6.07, 6.45) is 6.62. The normalized spacial score (nSPS) is 15.8. The van der Waals surface area contributed by atoms with Crippen molar-refractivity contribution in [3.8, 4) is 0 Å². The first-order valence-electron chi connectivity index (χ1n) is 11.8. The van der Waals surface area contributed by atoms with Gasteiger partial charge >= 0.3 is 0 Å². The molecule has 0 saturated carbocycles. The highest BCUT2D eigenvalue weighted by Crippen LogP contribution is 2.35. The number of nitrogens with zero attached hydrogens (tertiary/aromatic N) is 2. The second-order valence-corrected chi connectivity index (χ2v) is 8.81. The first-order valence-corrected chi connectivity index (χ1v) is 11.8. The average Bonchev–Trinajstić information content (AvgIpc) is 3.17. The summed E-state index contributed by atoms with van der Waals surface area (Å²) in [5, 5.41) is 4.44. The summed E-state index contributed by atoms with van der Waals surface area (Å²) in [5.74, 6) is 0.184. The van der Waals surface area contributed by atoms with E-state index in [1.54, 1.807) is 0 Å². The minimum Gasteiger partial charge on any atom is -0.355 e. The van der Waals surface area contributed by atoms with Crippen LogP contribution in [0.2, 0.25) is 0 Å². The van der Waals surface area contributed by atoms with E-state index in [4.69, 9.17) is 0 Å². The van der Waals surface area contributed by atoms with Gasteiger partial charge in [0.2, 0.25) is 5.91 Å². The lowest BCUT2D eigenvalue weighted by molar-refractivity contribution is -0.121. The smallest absolute Gasteiger partial charge is 0.220 e. The van der Waals surface area contributed by atoms with Gasteiger partial charge in [-0.3, -0.25) is 4.79 Å². The van der Waals surface area contributed by atoms with Gasteiger partial charge in [0.05, 0.1) is 0 Å². The summed E-state index contributed by atoms with van der Waals surface area (Å²) in [6, 6.07) is 17.2. The van der Waals surface area contributed by atoms with Crippen molar-refractivity contribution in [3.05, 3.63) is 71.4 Å². The number of hydrogen-bond acceptors (Lipinski definition) is 2. The number of likely N-dealkylation sites (tertiary alicyclic amines) is 1. The molecule has 1 aliphatic rings. The predicted molar refractivity (Wildman–Crippen MR) is 129 cm³/mol. The third-order valence-electron chi connectivity index (χ3n) is 6.60. The van der Waals surface area contributed by atoms with Crippen molar-refractivity contribution in [2.75, 3.05) is 26.2 Å². The Morgan fingerprint density at radius 1 is 1.03 bits per heavy atom. The number of hydrogen-bond donors (Lipinski definition) is 1. The summed E-state index contributed by atoms with van der Waals surface area (Å²) in [6.45, 7) is 9.21. The molecule has 1 unspecified atom stereocenters. The van der Waals surface area contributed by atoms with E-state index in [9.17, 15) is 4.79 Å². The molecule has 0 aliphatic carbocycles. The summed E-state index contributed by atoms with van der Waals surface area (Å²) in [5.41, 5.74) is 4.93. The maximum Gasteiger partial charge on any atom is 0.220 e. The number of carbonyl (C=O) groups is 1. The predicted octanol–water partition coefficient (Wildman–Crippen LogP) is 5.09. The van der Waals surface area contributed by atoms with Crippen LogP contribution >= 0.6 is 0 Å². The largest absolute Gasteiger partial charge is 0.355 e. The van der Waals surface area contributed by atoms with Gasteiger partial charge < -0.3 is 14.8 Å². The van der Waals surface area contributed by atoms with E-state index in [1.807, 2.05) is 0 Å². The fraction of sp³-hybridized carbons (Fsp3) is 0.444. The number of nitrogens with one attached hydrogen (secondary N) is 1. The van der Waals surface area contributed by atoms with E-state index in [0.717, 1.165) is 19.6 Å². The van der Waals surface area contributed by atoms with Crippen LogP contribution in [0.4, 0.5) is 0 Å². The number of carbonyl (C=O) groups excluding carboxylic acids is 1. The molecule has 0 spiro atoms. The minimum atomic E-state index is 0.0493. The SMILES string of the molecule is CCn1cc(C(CC(=O)NCCN2CCCCC2)c2ccc(C)cc2)c2ccccc21. The van der Waals surface area contributed by atoms with Crippen LogP contribution in [0.5, 0.6) is 0 Å². The highest BCUT2D eigenvalue weighted by molar-refractivity contribution is 5.86. The van der Waals surface area contributed by atoms with Crippen molar-refractivity contribution in [1.82, 2.24) is 14.8 Å². The molecule has 2 heterocycles. The maximum atomic E-state index is 13.0. The highest BCUT2D eigenvalue weighted by Gasteiger charge is 2.22.